The van der Waals surface area contributed by atoms with E-state index < -0.39 is 5.97 Å². The Bertz CT molecular complexity index is 181. The van der Waals surface area contributed by atoms with E-state index in [0.29, 0.717) is 18.4 Å². The Hall–Kier alpha value is -0.570. The molecule has 1 saturated carbocycles. The van der Waals surface area contributed by atoms with Crippen LogP contribution in [0.3, 0.4) is 0 Å². The van der Waals surface area contributed by atoms with Gasteiger partial charge in [0.05, 0.1) is 6.42 Å². The molecule has 0 amide bonds. The first-order valence-corrected chi connectivity index (χ1v) is 4.23. The predicted octanol–water partition coefficient (Wildman–Crippen LogP) is 0.602. The Kier molecular flexibility index (Phi) is 1.60. The standard InChI is InChI=1S/C8H13NO2/c10-8(11)4-7-5-1-2-6(3-5)9-7/h5-7,9H,1-4H2,(H,10,11)/t5-,6+,7+/m0/s1. The van der Waals surface area contributed by atoms with Crippen molar-refractivity contribution in [3.63, 3.8) is 0 Å². The summed E-state index contributed by atoms with van der Waals surface area (Å²) in [6, 6.07) is 0.899. The fourth-order valence-corrected chi connectivity index (χ4v) is 2.39. The summed E-state index contributed by atoms with van der Waals surface area (Å²) in [6.45, 7) is 0. The SMILES string of the molecule is O=C(O)C[C@H]1N[C@@H]2CC[C@H]1C2. The lowest BCUT2D eigenvalue weighted by Crippen LogP contribution is -2.36. The van der Waals surface area contributed by atoms with E-state index in [-0.39, 0.29) is 6.04 Å². The van der Waals surface area contributed by atoms with Crippen LogP contribution in [0, 0.1) is 5.92 Å². The van der Waals surface area contributed by atoms with Gasteiger partial charge in [-0.3, -0.25) is 4.79 Å². The number of piperidine rings is 1. The molecule has 3 atom stereocenters. The number of hydrogen-bond donors (Lipinski definition) is 2. The number of hydrogen-bond acceptors (Lipinski definition) is 2. The zero-order valence-corrected chi connectivity index (χ0v) is 6.42. The highest BCUT2D eigenvalue weighted by molar-refractivity contribution is 5.67. The minimum atomic E-state index is -0.671. The second kappa shape index (κ2) is 2.48. The number of carboxylic acids is 1. The van der Waals surface area contributed by atoms with Gasteiger partial charge < -0.3 is 10.4 Å². The average Bonchev–Trinajstić information content (AvgIpc) is 2.45. The van der Waals surface area contributed by atoms with Gasteiger partial charge in [-0.15, -0.1) is 0 Å². The van der Waals surface area contributed by atoms with Gasteiger partial charge in [0.25, 0.3) is 0 Å². The second-order valence-corrected chi connectivity index (χ2v) is 3.64. The Labute approximate surface area is 65.8 Å². The van der Waals surface area contributed by atoms with Gasteiger partial charge in [0.15, 0.2) is 0 Å². The fraction of sp³-hybridized carbons (Fsp3) is 0.875. The smallest absolute Gasteiger partial charge is 0.304 e. The molecule has 1 aliphatic carbocycles. The van der Waals surface area contributed by atoms with E-state index in [9.17, 15) is 4.79 Å². The maximum atomic E-state index is 10.4. The van der Waals surface area contributed by atoms with Crippen molar-refractivity contribution in [2.75, 3.05) is 0 Å². The fourth-order valence-electron chi connectivity index (χ4n) is 2.39. The van der Waals surface area contributed by atoms with Crippen LogP contribution in [0.1, 0.15) is 25.7 Å². The molecule has 1 aliphatic heterocycles. The number of carbonyl (C=O) groups is 1. The van der Waals surface area contributed by atoms with Gasteiger partial charge in [-0.05, 0) is 25.2 Å². The lowest BCUT2D eigenvalue weighted by atomic mass is 9.97. The molecule has 0 aromatic rings. The van der Waals surface area contributed by atoms with E-state index in [1.807, 2.05) is 0 Å². The summed E-state index contributed by atoms with van der Waals surface area (Å²) in [5.74, 6) is -0.0221. The highest BCUT2D eigenvalue weighted by atomic mass is 16.4. The van der Waals surface area contributed by atoms with E-state index in [4.69, 9.17) is 5.11 Å². The van der Waals surface area contributed by atoms with Crippen LogP contribution in [0.4, 0.5) is 0 Å². The van der Waals surface area contributed by atoms with E-state index in [0.717, 1.165) is 0 Å². The molecule has 0 aromatic carbocycles. The zero-order valence-electron chi connectivity index (χ0n) is 6.42. The van der Waals surface area contributed by atoms with Crippen molar-refractivity contribution in [3.05, 3.63) is 0 Å². The predicted molar refractivity (Wildman–Crippen MR) is 40.3 cm³/mol. The van der Waals surface area contributed by atoms with Gasteiger partial charge in [0.2, 0.25) is 0 Å². The van der Waals surface area contributed by atoms with E-state index >= 15 is 0 Å². The molecule has 0 aromatic heterocycles. The molecule has 11 heavy (non-hydrogen) atoms. The molecule has 62 valence electrons. The van der Waals surface area contributed by atoms with Crippen molar-refractivity contribution in [1.82, 2.24) is 5.32 Å². The van der Waals surface area contributed by atoms with E-state index in [2.05, 4.69) is 5.32 Å². The van der Waals surface area contributed by atoms with Crippen LogP contribution >= 0.6 is 0 Å². The molecule has 1 heterocycles. The van der Waals surface area contributed by atoms with Crippen molar-refractivity contribution >= 4 is 5.97 Å². The van der Waals surface area contributed by atoms with Gasteiger partial charge in [-0.2, -0.15) is 0 Å². The molecule has 3 heteroatoms. The highest BCUT2D eigenvalue weighted by Gasteiger charge is 2.39. The summed E-state index contributed by atoms with van der Waals surface area (Å²) < 4.78 is 0. The highest BCUT2D eigenvalue weighted by Crippen LogP contribution is 2.36. The maximum Gasteiger partial charge on any atom is 0.304 e. The summed E-state index contributed by atoms with van der Waals surface area (Å²) in [6.07, 6.45) is 4.00. The Morgan fingerprint density at radius 1 is 1.55 bits per heavy atom. The lowest BCUT2D eigenvalue weighted by Gasteiger charge is -2.20. The van der Waals surface area contributed by atoms with Crippen LogP contribution in [0.5, 0.6) is 0 Å². The molecular formula is C8H13NO2. The molecule has 0 radical (unpaired) electrons. The van der Waals surface area contributed by atoms with E-state index in [1.54, 1.807) is 0 Å². The molecule has 3 nitrogen and oxygen atoms in total. The summed E-state index contributed by atoms with van der Waals surface area (Å²) in [5.41, 5.74) is 0. The summed E-state index contributed by atoms with van der Waals surface area (Å²) >= 11 is 0. The summed E-state index contributed by atoms with van der Waals surface area (Å²) in [5, 5.41) is 11.9. The lowest BCUT2D eigenvalue weighted by molar-refractivity contribution is -0.137. The summed E-state index contributed by atoms with van der Waals surface area (Å²) in [4.78, 5) is 10.4. The van der Waals surface area contributed by atoms with Crippen LogP contribution in [0.2, 0.25) is 0 Å². The van der Waals surface area contributed by atoms with Crippen molar-refractivity contribution in [3.8, 4) is 0 Å². The number of nitrogens with one attached hydrogen (secondary N) is 1. The number of aliphatic carboxylic acids is 1. The Morgan fingerprint density at radius 3 is 2.82 bits per heavy atom. The van der Waals surface area contributed by atoms with Gasteiger partial charge in [-0.1, -0.05) is 0 Å². The Morgan fingerprint density at radius 2 is 2.36 bits per heavy atom. The molecule has 1 saturated heterocycles. The molecular weight excluding hydrogens is 142 g/mol. The molecule has 2 aliphatic rings. The maximum absolute atomic E-state index is 10.4. The van der Waals surface area contributed by atoms with Crippen LogP contribution < -0.4 is 5.32 Å². The largest absolute Gasteiger partial charge is 0.481 e. The zero-order chi connectivity index (χ0) is 7.84. The molecule has 2 N–H and O–H groups in total. The van der Waals surface area contributed by atoms with Crippen LogP contribution in [0.15, 0.2) is 0 Å². The average molecular weight is 155 g/mol. The van der Waals surface area contributed by atoms with Crippen molar-refractivity contribution in [2.24, 2.45) is 5.92 Å². The van der Waals surface area contributed by atoms with Gasteiger partial charge in [0.1, 0.15) is 0 Å². The molecule has 0 unspecified atom stereocenters. The van der Waals surface area contributed by atoms with Crippen molar-refractivity contribution in [2.45, 2.75) is 37.8 Å². The molecule has 0 spiro atoms. The van der Waals surface area contributed by atoms with E-state index in [1.165, 1.54) is 19.3 Å². The monoisotopic (exact) mass is 155 g/mol. The third-order valence-corrected chi connectivity index (χ3v) is 2.89. The molecule has 2 rings (SSSR count). The van der Waals surface area contributed by atoms with Crippen LogP contribution in [0.25, 0.3) is 0 Å². The number of carboxylic acid groups (broad SMARTS) is 1. The first-order chi connectivity index (χ1) is 5.25. The minimum absolute atomic E-state index is 0.270. The van der Waals surface area contributed by atoms with Crippen molar-refractivity contribution in [1.29, 1.82) is 0 Å². The van der Waals surface area contributed by atoms with Gasteiger partial charge in [-0.25, -0.2) is 0 Å². The molecule has 2 bridgehead atoms. The Balaban J connectivity index is 1.92. The number of fused-ring (bicyclic) bond motifs is 2. The first kappa shape index (κ1) is 7.10. The van der Waals surface area contributed by atoms with Crippen molar-refractivity contribution < 1.29 is 9.90 Å². The number of rotatable bonds is 2. The third kappa shape index (κ3) is 1.25. The first-order valence-electron chi connectivity index (χ1n) is 4.23. The van der Waals surface area contributed by atoms with Gasteiger partial charge in [0, 0.05) is 12.1 Å². The summed E-state index contributed by atoms with van der Waals surface area (Å²) in [7, 11) is 0. The topological polar surface area (TPSA) is 49.3 Å². The third-order valence-electron chi connectivity index (χ3n) is 2.89. The quantitative estimate of drug-likeness (QED) is 0.614. The minimum Gasteiger partial charge on any atom is -0.481 e. The second-order valence-electron chi connectivity index (χ2n) is 3.64. The van der Waals surface area contributed by atoms with Crippen LogP contribution in [-0.2, 0) is 4.79 Å². The van der Waals surface area contributed by atoms with Gasteiger partial charge >= 0.3 is 5.97 Å². The normalized spacial score (nSPS) is 41.3. The van der Waals surface area contributed by atoms with Crippen LogP contribution in [-0.4, -0.2) is 23.2 Å². The molecule has 2 fully saturated rings.